The second-order valence-electron chi connectivity index (χ2n) is 6.58. The van der Waals surface area contributed by atoms with Crippen LogP contribution in [0.25, 0.3) is 11.0 Å². The molecule has 1 atom stereocenters. The van der Waals surface area contributed by atoms with E-state index in [0.29, 0.717) is 30.7 Å². The highest BCUT2D eigenvalue weighted by molar-refractivity contribution is 6.32. The largest absolute Gasteiger partial charge is 0.506 e. The molecule has 0 bridgehead atoms. The van der Waals surface area contributed by atoms with Crippen LogP contribution in [-0.2, 0) is 6.54 Å². The Morgan fingerprint density at radius 3 is 2.81 bits per heavy atom. The smallest absolute Gasteiger partial charge is 0.336 e. The third-order valence-corrected chi connectivity index (χ3v) is 4.72. The quantitative estimate of drug-likeness (QED) is 0.691. The molecule has 6 nitrogen and oxygen atoms in total. The number of nitrogens with zero attached hydrogens (tertiary/aromatic N) is 1. The van der Waals surface area contributed by atoms with Crippen LogP contribution >= 0.6 is 11.6 Å². The number of phenolic OH excluding ortho intramolecular Hbond substituents is 1. The molecule has 1 N–H and O–H groups in total. The molecular formula is C20H18ClNO5. The highest BCUT2D eigenvalue weighted by atomic mass is 35.5. The third-order valence-electron chi connectivity index (χ3n) is 4.42. The topological polar surface area (TPSA) is 72.1 Å². The second kappa shape index (κ2) is 7.13. The first-order chi connectivity index (χ1) is 13.0. The number of likely N-dealkylation sites (N-methyl/N-ethyl adjacent to an activating group) is 1. The first-order valence-electron chi connectivity index (χ1n) is 8.52. The minimum Gasteiger partial charge on any atom is -0.506 e. The van der Waals surface area contributed by atoms with Gasteiger partial charge in [-0.1, -0.05) is 23.7 Å². The van der Waals surface area contributed by atoms with E-state index in [0.717, 1.165) is 17.1 Å². The van der Waals surface area contributed by atoms with Crippen LogP contribution in [0, 0.1) is 0 Å². The summed E-state index contributed by atoms with van der Waals surface area (Å²) in [5.41, 5.74) is 0.598. The summed E-state index contributed by atoms with van der Waals surface area (Å²) in [7, 11) is 1.94. The minimum atomic E-state index is -0.473. The maximum absolute atomic E-state index is 11.9. The molecule has 1 aromatic heterocycles. The summed E-state index contributed by atoms with van der Waals surface area (Å²) in [6.07, 6.45) is -0.121. The molecule has 1 aliphatic rings. The van der Waals surface area contributed by atoms with E-state index in [1.165, 1.54) is 12.1 Å². The first kappa shape index (κ1) is 17.7. The van der Waals surface area contributed by atoms with E-state index < -0.39 is 5.63 Å². The number of hydrogen-bond acceptors (Lipinski definition) is 6. The van der Waals surface area contributed by atoms with Crippen LogP contribution < -0.4 is 15.1 Å². The van der Waals surface area contributed by atoms with Crippen molar-refractivity contribution >= 4 is 22.6 Å². The van der Waals surface area contributed by atoms with Gasteiger partial charge in [-0.2, -0.15) is 0 Å². The standard InChI is InChI=1S/C20H18ClNO5/c1-22(10-13-11-25-17-4-2-3-5-18(17)26-13)9-12-6-20(24)27-19-8-16(23)15(21)7-14(12)19/h2-8,13,23H,9-11H2,1H3. The van der Waals surface area contributed by atoms with Crippen LogP contribution in [-0.4, -0.2) is 36.3 Å². The Labute approximate surface area is 160 Å². The molecule has 1 aliphatic heterocycles. The van der Waals surface area contributed by atoms with E-state index in [4.69, 9.17) is 25.5 Å². The van der Waals surface area contributed by atoms with Crippen molar-refractivity contribution in [2.24, 2.45) is 0 Å². The third kappa shape index (κ3) is 3.72. The van der Waals surface area contributed by atoms with E-state index in [9.17, 15) is 9.90 Å². The molecule has 0 radical (unpaired) electrons. The van der Waals surface area contributed by atoms with Crippen molar-refractivity contribution in [3.63, 3.8) is 0 Å². The van der Waals surface area contributed by atoms with Gasteiger partial charge in [0.1, 0.15) is 24.0 Å². The second-order valence-corrected chi connectivity index (χ2v) is 6.99. The minimum absolute atomic E-state index is 0.121. The van der Waals surface area contributed by atoms with Crippen LogP contribution in [0.5, 0.6) is 17.2 Å². The zero-order valence-corrected chi connectivity index (χ0v) is 15.4. The Morgan fingerprint density at radius 1 is 1.22 bits per heavy atom. The number of halogens is 1. The van der Waals surface area contributed by atoms with Crippen LogP contribution in [0.1, 0.15) is 5.56 Å². The highest BCUT2D eigenvalue weighted by Crippen LogP contribution is 2.32. The molecule has 0 saturated heterocycles. The van der Waals surface area contributed by atoms with Crippen molar-refractivity contribution in [3.8, 4) is 17.2 Å². The SMILES string of the molecule is CN(Cc1cc(=O)oc2cc(O)c(Cl)cc12)CC1COc2ccccc2O1. The van der Waals surface area contributed by atoms with E-state index in [-0.39, 0.29) is 16.9 Å². The number of hydrogen-bond donors (Lipinski definition) is 1. The molecule has 0 saturated carbocycles. The summed E-state index contributed by atoms with van der Waals surface area (Å²) >= 11 is 6.02. The van der Waals surface area contributed by atoms with Gasteiger partial charge < -0.3 is 19.0 Å². The number of benzene rings is 2. The maximum Gasteiger partial charge on any atom is 0.336 e. The zero-order valence-electron chi connectivity index (χ0n) is 14.6. The maximum atomic E-state index is 11.9. The summed E-state index contributed by atoms with van der Waals surface area (Å²) in [6.45, 7) is 1.56. The van der Waals surface area contributed by atoms with Crippen molar-refractivity contribution in [2.75, 3.05) is 20.2 Å². The van der Waals surface area contributed by atoms with Crippen molar-refractivity contribution < 1.29 is 19.0 Å². The van der Waals surface area contributed by atoms with Gasteiger partial charge in [0.25, 0.3) is 0 Å². The number of rotatable bonds is 4. The van der Waals surface area contributed by atoms with E-state index in [2.05, 4.69) is 0 Å². The molecule has 0 fully saturated rings. The lowest BCUT2D eigenvalue weighted by atomic mass is 10.1. The Kier molecular flexibility index (Phi) is 4.68. The van der Waals surface area contributed by atoms with Crippen LogP contribution in [0.4, 0.5) is 0 Å². The number of para-hydroxylation sites is 2. The molecular weight excluding hydrogens is 370 g/mol. The van der Waals surface area contributed by atoms with Crippen molar-refractivity contribution in [2.45, 2.75) is 12.6 Å². The fourth-order valence-electron chi connectivity index (χ4n) is 3.22. The number of aromatic hydroxyl groups is 1. The Hall–Kier alpha value is -2.70. The van der Waals surface area contributed by atoms with Gasteiger partial charge in [0.05, 0.1) is 5.02 Å². The zero-order chi connectivity index (χ0) is 19.0. The summed E-state index contributed by atoms with van der Waals surface area (Å²) in [5.74, 6) is 1.36. The Morgan fingerprint density at radius 2 is 2.00 bits per heavy atom. The molecule has 1 unspecified atom stereocenters. The molecule has 140 valence electrons. The Bertz CT molecular complexity index is 1050. The molecule has 7 heteroatoms. The summed E-state index contributed by atoms with van der Waals surface area (Å²) in [6, 6.07) is 12.0. The fourth-order valence-corrected chi connectivity index (χ4v) is 3.39. The lowest BCUT2D eigenvalue weighted by Gasteiger charge is -2.29. The number of fused-ring (bicyclic) bond motifs is 2. The molecule has 3 aromatic rings. The highest BCUT2D eigenvalue weighted by Gasteiger charge is 2.22. The average molecular weight is 388 g/mol. The predicted octanol–water partition coefficient (Wildman–Crippen LogP) is 3.42. The summed E-state index contributed by atoms with van der Waals surface area (Å²) in [4.78, 5) is 13.9. The van der Waals surface area contributed by atoms with Crippen molar-refractivity contribution in [1.82, 2.24) is 4.90 Å². The number of ether oxygens (including phenoxy) is 2. The lowest BCUT2D eigenvalue weighted by Crippen LogP contribution is -2.39. The lowest BCUT2D eigenvalue weighted by molar-refractivity contribution is 0.0639. The van der Waals surface area contributed by atoms with Gasteiger partial charge in [-0.15, -0.1) is 0 Å². The molecule has 2 heterocycles. The van der Waals surface area contributed by atoms with E-state index >= 15 is 0 Å². The first-order valence-corrected chi connectivity index (χ1v) is 8.89. The Balaban J connectivity index is 1.52. The molecule has 0 aliphatic carbocycles. The van der Waals surface area contributed by atoms with Gasteiger partial charge in [-0.05, 0) is 30.8 Å². The van der Waals surface area contributed by atoms with Gasteiger partial charge in [-0.3, -0.25) is 4.90 Å². The van der Waals surface area contributed by atoms with Gasteiger partial charge >= 0.3 is 5.63 Å². The van der Waals surface area contributed by atoms with Crippen LogP contribution in [0.2, 0.25) is 5.02 Å². The van der Waals surface area contributed by atoms with Gasteiger partial charge in [0.2, 0.25) is 0 Å². The van der Waals surface area contributed by atoms with Crippen molar-refractivity contribution in [3.05, 3.63) is 63.5 Å². The van der Waals surface area contributed by atoms with Crippen LogP contribution in [0.15, 0.2) is 51.7 Å². The fraction of sp³-hybridized carbons (Fsp3) is 0.250. The average Bonchev–Trinajstić information content (AvgIpc) is 2.63. The molecule has 4 rings (SSSR count). The summed E-state index contributed by atoms with van der Waals surface area (Å²) < 4.78 is 16.9. The summed E-state index contributed by atoms with van der Waals surface area (Å²) in [5, 5.41) is 10.6. The molecule has 0 spiro atoms. The van der Waals surface area contributed by atoms with E-state index in [1.807, 2.05) is 36.2 Å². The monoisotopic (exact) mass is 387 g/mol. The van der Waals surface area contributed by atoms with Crippen molar-refractivity contribution in [1.29, 1.82) is 0 Å². The molecule has 27 heavy (non-hydrogen) atoms. The van der Waals surface area contributed by atoms with Gasteiger partial charge in [0.15, 0.2) is 11.5 Å². The number of phenols is 1. The molecule has 0 amide bonds. The van der Waals surface area contributed by atoms with Crippen LogP contribution in [0.3, 0.4) is 0 Å². The molecule has 2 aromatic carbocycles. The van der Waals surface area contributed by atoms with E-state index in [1.54, 1.807) is 6.07 Å². The van der Waals surface area contributed by atoms with Gasteiger partial charge in [0, 0.05) is 30.6 Å². The van der Waals surface area contributed by atoms with Gasteiger partial charge in [-0.25, -0.2) is 4.79 Å². The predicted molar refractivity (Wildman–Crippen MR) is 102 cm³/mol. The normalized spacial score (nSPS) is 16.0.